The molecule has 0 amide bonds. The number of anilines is 1. The van der Waals surface area contributed by atoms with Gasteiger partial charge in [-0.3, -0.25) is 0 Å². The molecule has 82 valence electrons. The van der Waals surface area contributed by atoms with E-state index >= 15 is 0 Å². The van der Waals surface area contributed by atoms with Crippen molar-refractivity contribution >= 4 is 5.95 Å². The summed E-state index contributed by atoms with van der Waals surface area (Å²) >= 11 is 0. The molecule has 3 nitrogen and oxygen atoms in total. The first-order chi connectivity index (χ1) is 7.24. The van der Waals surface area contributed by atoms with Gasteiger partial charge in [-0.05, 0) is 31.7 Å². The molecule has 2 rings (SSSR count). The van der Waals surface area contributed by atoms with Gasteiger partial charge in [0.2, 0.25) is 5.95 Å². The molecular formula is C12H19N3. The molecule has 2 atom stereocenters. The van der Waals surface area contributed by atoms with E-state index in [1.165, 1.54) is 25.7 Å². The van der Waals surface area contributed by atoms with E-state index in [4.69, 9.17) is 0 Å². The maximum Gasteiger partial charge on any atom is 0.223 e. The second kappa shape index (κ2) is 4.60. The normalized spacial score (nSPS) is 26.3. The molecule has 1 aromatic rings. The SMILES string of the molecule is Cc1ccnc(NC2CCCC(C)C2)n1. The van der Waals surface area contributed by atoms with E-state index in [2.05, 4.69) is 22.2 Å². The first-order valence-corrected chi connectivity index (χ1v) is 5.80. The van der Waals surface area contributed by atoms with Crippen LogP contribution >= 0.6 is 0 Å². The van der Waals surface area contributed by atoms with E-state index in [0.717, 1.165) is 17.6 Å². The summed E-state index contributed by atoms with van der Waals surface area (Å²) in [7, 11) is 0. The number of nitrogens with one attached hydrogen (secondary N) is 1. The number of aromatic nitrogens is 2. The number of rotatable bonds is 2. The number of aryl methyl sites for hydroxylation is 1. The van der Waals surface area contributed by atoms with Crippen LogP contribution in [0.4, 0.5) is 5.95 Å². The van der Waals surface area contributed by atoms with Gasteiger partial charge in [0.25, 0.3) is 0 Å². The summed E-state index contributed by atoms with van der Waals surface area (Å²) in [5.74, 6) is 1.62. The average Bonchev–Trinajstić information content (AvgIpc) is 2.17. The predicted octanol–water partition coefficient (Wildman–Crippen LogP) is 2.78. The molecule has 1 aliphatic rings. The van der Waals surface area contributed by atoms with Crippen LogP contribution in [0.3, 0.4) is 0 Å². The maximum atomic E-state index is 4.37. The van der Waals surface area contributed by atoms with Crippen LogP contribution in [0.5, 0.6) is 0 Å². The van der Waals surface area contributed by atoms with Crippen molar-refractivity contribution in [3.63, 3.8) is 0 Å². The fraction of sp³-hybridized carbons (Fsp3) is 0.667. The number of nitrogens with zero attached hydrogens (tertiary/aromatic N) is 2. The number of hydrogen-bond donors (Lipinski definition) is 1. The van der Waals surface area contributed by atoms with Gasteiger partial charge in [-0.2, -0.15) is 0 Å². The van der Waals surface area contributed by atoms with Crippen LogP contribution in [-0.4, -0.2) is 16.0 Å². The molecule has 1 aliphatic carbocycles. The molecule has 0 spiro atoms. The molecular weight excluding hydrogens is 186 g/mol. The maximum absolute atomic E-state index is 4.37. The molecule has 1 heterocycles. The third-order valence-electron chi connectivity index (χ3n) is 3.06. The Morgan fingerprint density at radius 1 is 1.40 bits per heavy atom. The Morgan fingerprint density at radius 2 is 2.27 bits per heavy atom. The van der Waals surface area contributed by atoms with Crippen LogP contribution in [0.2, 0.25) is 0 Å². The van der Waals surface area contributed by atoms with Crippen molar-refractivity contribution in [2.75, 3.05) is 5.32 Å². The van der Waals surface area contributed by atoms with Crippen LogP contribution in [0, 0.1) is 12.8 Å². The Morgan fingerprint density at radius 3 is 3.00 bits per heavy atom. The van der Waals surface area contributed by atoms with Gasteiger partial charge >= 0.3 is 0 Å². The molecule has 1 N–H and O–H groups in total. The van der Waals surface area contributed by atoms with Crippen LogP contribution < -0.4 is 5.32 Å². The Bertz CT molecular complexity index is 324. The fourth-order valence-corrected chi connectivity index (χ4v) is 2.27. The average molecular weight is 205 g/mol. The van der Waals surface area contributed by atoms with Gasteiger partial charge in [-0.25, -0.2) is 9.97 Å². The molecule has 2 unspecified atom stereocenters. The lowest BCUT2D eigenvalue weighted by Crippen LogP contribution is -2.27. The zero-order valence-electron chi connectivity index (χ0n) is 9.53. The predicted molar refractivity (Wildman–Crippen MR) is 61.8 cm³/mol. The van der Waals surface area contributed by atoms with Gasteiger partial charge < -0.3 is 5.32 Å². The van der Waals surface area contributed by atoms with Crippen molar-refractivity contribution in [3.8, 4) is 0 Å². The Labute approximate surface area is 91.3 Å². The van der Waals surface area contributed by atoms with E-state index < -0.39 is 0 Å². The van der Waals surface area contributed by atoms with Gasteiger partial charge in [0, 0.05) is 17.9 Å². The van der Waals surface area contributed by atoms with E-state index in [0.29, 0.717) is 6.04 Å². The number of hydrogen-bond acceptors (Lipinski definition) is 3. The second-order valence-electron chi connectivity index (χ2n) is 4.63. The topological polar surface area (TPSA) is 37.8 Å². The summed E-state index contributed by atoms with van der Waals surface area (Å²) < 4.78 is 0. The van der Waals surface area contributed by atoms with Crippen LogP contribution in [0.15, 0.2) is 12.3 Å². The highest BCUT2D eigenvalue weighted by atomic mass is 15.1. The summed E-state index contributed by atoms with van der Waals surface area (Å²) in [6.45, 7) is 4.32. The Hall–Kier alpha value is -1.12. The van der Waals surface area contributed by atoms with Crippen molar-refractivity contribution in [2.24, 2.45) is 5.92 Å². The molecule has 3 heteroatoms. The summed E-state index contributed by atoms with van der Waals surface area (Å²) in [4.78, 5) is 8.61. The zero-order chi connectivity index (χ0) is 10.7. The first-order valence-electron chi connectivity index (χ1n) is 5.80. The van der Waals surface area contributed by atoms with Gasteiger partial charge in [0.1, 0.15) is 0 Å². The molecule has 1 aromatic heterocycles. The molecule has 0 saturated heterocycles. The third kappa shape index (κ3) is 2.91. The van der Waals surface area contributed by atoms with Crippen molar-refractivity contribution in [1.82, 2.24) is 9.97 Å². The summed E-state index contributed by atoms with van der Waals surface area (Å²) in [6.07, 6.45) is 7.01. The summed E-state index contributed by atoms with van der Waals surface area (Å²) in [5, 5.41) is 3.43. The van der Waals surface area contributed by atoms with E-state index in [1.807, 2.05) is 19.2 Å². The zero-order valence-corrected chi connectivity index (χ0v) is 9.53. The molecule has 1 saturated carbocycles. The van der Waals surface area contributed by atoms with Gasteiger partial charge in [0.05, 0.1) is 0 Å². The van der Waals surface area contributed by atoms with Crippen molar-refractivity contribution in [1.29, 1.82) is 0 Å². The van der Waals surface area contributed by atoms with Gasteiger partial charge in [0.15, 0.2) is 0 Å². The summed E-state index contributed by atoms with van der Waals surface area (Å²) in [6, 6.07) is 2.49. The van der Waals surface area contributed by atoms with Crippen LogP contribution in [-0.2, 0) is 0 Å². The molecule has 0 radical (unpaired) electrons. The molecule has 1 fully saturated rings. The van der Waals surface area contributed by atoms with E-state index in [9.17, 15) is 0 Å². The Kier molecular flexibility index (Phi) is 3.19. The lowest BCUT2D eigenvalue weighted by atomic mass is 9.87. The fourth-order valence-electron chi connectivity index (χ4n) is 2.27. The minimum atomic E-state index is 0.565. The molecule has 0 aliphatic heterocycles. The minimum Gasteiger partial charge on any atom is -0.351 e. The van der Waals surface area contributed by atoms with E-state index in [1.54, 1.807) is 0 Å². The quantitative estimate of drug-likeness (QED) is 0.806. The lowest BCUT2D eigenvalue weighted by Gasteiger charge is -2.27. The summed E-state index contributed by atoms with van der Waals surface area (Å²) in [5.41, 5.74) is 1.02. The highest BCUT2D eigenvalue weighted by molar-refractivity contribution is 5.26. The van der Waals surface area contributed by atoms with Gasteiger partial charge in [-0.1, -0.05) is 19.8 Å². The van der Waals surface area contributed by atoms with E-state index in [-0.39, 0.29) is 0 Å². The minimum absolute atomic E-state index is 0.565. The third-order valence-corrected chi connectivity index (χ3v) is 3.06. The van der Waals surface area contributed by atoms with Crippen molar-refractivity contribution in [3.05, 3.63) is 18.0 Å². The highest BCUT2D eigenvalue weighted by Gasteiger charge is 2.19. The molecule has 0 bridgehead atoms. The van der Waals surface area contributed by atoms with Gasteiger partial charge in [-0.15, -0.1) is 0 Å². The van der Waals surface area contributed by atoms with Crippen molar-refractivity contribution in [2.45, 2.75) is 45.6 Å². The highest BCUT2D eigenvalue weighted by Crippen LogP contribution is 2.25. The standard InChI is InChI=1S/C12H19N3/c1-9-4-3-5-11(8-9)15-12-13-7-6-10(2)14-12/h6-7,9,11H,3-5,8H2,1-2H3,(H,13,14,15). The monoisotopic (exact) mass is 205 g/mol. The lowest BCUT2D eigenvalue weighted by molar-refractivity contribution is 0.357. The Balaban J connectivity index is 1.96. The largest absolute Gasteiger partial charge is 0.351 e. The van der Waals surface area contributed by atoms with Crippen molar-refractivity contribution < 1.29 is 0 Å². The van der Waals surface area contributed by atoms with Crippen LogP contribution in [0.25, 0.3) is 0 Å². The van der Waals surface area contributed by atoms with Crippen LogP contribution in [0.1, 0.15) is 38.3 Å². The smallest absolute Gasteiger partial charge is 0.223 e. The molecule has 15 heavy (non-hydrogen) atoms. The second-order valence-corrected chi connectivity index (χ2v) is 4.63. The molecule has 0 aromatic carbocycles. The first kappa shape index (κ1) is 10.4.